The molecule has 0 spiro atoms. The summed E-state index contributed by atoms with van der Waals surface area (Å²) in [7, 11) is 1.27. The fraction of sp³-hybridized carbons (Fsp3) is 1.00. The van der Waals surface area contributed by atoms with Gasteiger partial charge >= 0.3 is 0 Å². The van der Waals surface area contributed by atoms with Gasteiger partial charge in [0.1, 0.15) is 0 Å². The molecule has 0 nitrogen and oxygen atoms in total. The van der Waals surface area contributed by atoms with Crippen molar-refractivity contribution in [1.29, 1.82) is 0 Å². The van der Waals surface area contributed by atoms with Gasteiger partial charge in [0.25, 0.3) is 0 Å². The van der Waals surface area contributed by atoms with Gasteiger partial charge in [-0.15, -0.1) is 8.58 Å². The SMILES string of the molecule is CCCCCPC1CCCCCCCCCCC1. The van der Waals surface area contributed by atoms with E-state index in [2.05, 4.69) is 6.92 Å². The standard InChI is InChI=1S/C17H35P/c1-2-3-13-16-18-17-14-11-9-7-5-4-6-8-10-12-15-17/h17-18H,2-16H2,1H3. The largest absolute Gasteiger partial charge is 0.119 e. The van der Waals surface area contributed by atoms with Crippen molar-refractivity contribution >= 4 is 8.58 Å². The quantitative estimate of drug-likeness (QED) is 0.393. The third-order valence-electron chi connectivity index (χ3n) is 4.32. The van der Waals surface area contributed by atoms with E-state index in [1.807, 2.05) is 0 Å². The lowest BCUT2D eigenvalue weighted by molar-refractivity contribution is 0.508. The molecule has 0 radical (unpaired) electrons. The minimum atomic E-state index is 1.10. The van der Waals surface area contributed by atoms with Gasteiger partial charge < -0.3 is 0 Å². The van der Waals surface area contributed by atoms with Crippen LogP contribution in [0, 0.1) is 0 Å². The molecule has 0 aromatic heterocycles. The lowest BCUT2D eigenvalue weighted by Gasteiger charge is -2.18. The van der Waals surface area contributed by atoms with Crippen molar-refractivity contribution < 1.29 is 0 Å². The third-order valence-corrected chi connectivity index (χ3v) is 6.12. The molecule has 1 aliphatic carbocycles. The minimum absolute atomic E-state index is 1.10. The molecule has 1 unspecified atom stereocenters. The maximum absolute atomic E-state index is 2.32. The molecule has 1 aliphatic rings. The summed E-state index contributed by atoms with van der Waals surface area (Å²) in [4.78, 5) is 0. The highest BCUT2D eigenvalue weighted by atomic mass is 31.1. The summed E-state index contributed by atoms with van der Waals surface area (Å²) in [5.74, 6) is 0. The van der Waals surface area contributed by atoms with Crippen molar-refractivity contribution in [2.24, 2.45) is 0 Å². The Bertz CT molecular complexity index is 152. The second-order valence-electron chi connectivity index (χ2n) is 6.12. The molecule has 1 fully saturated rings. The molecule has 1 saturated carbocycles. The average molecular weight is 270 g/mol. The van der Waals surface area contributed by atoms with Crippen LogP contribution in [0.3, 0.4) is 0 Å². The van der Waals surface area contributed by atoms with E-state index in [-0.39, 0.29) is 0 Å². The topological polar surface area (TPSA) is 0 Å². The summed E-state index contributed by atoms with van der Waals surface area (Å²) in [6.45, 7) is 2.32. The van der Waals surface area contributed by atoms with Gasteiger partial charge in [0.05, 0.1) is 0 Å². The van der Waals surface area contributed by atoms with Crippen molar-refractivity contribution in [2.75, 3.05) is 6.16 Å². The van der Waals surface area contributed by atoms with Gasteiger partial charge in [0, 0.05) is 0 Å². The van der Waals surface area contributed by atoms with Crippen LogP contribution in [-0.2, 0) is 0 Å². The highest BCUT2D eigenvalue weighted by molar-refractivity contribution is 7.38. The molecule has 108 valence electrons. The molecule has 0 heterocycles. The number of rotatable bonds is 5. The highest BCUT2D eigenvalue weighted by Gasteiger charge is 2.09. The molecule has 18 heavy (non-hydrogen) atoms. The molecule has 1 rings (SSSR count). The van der Waals surface area contributed by atoms with Crippen LogP contribution >= 0.6 is 8.58 Å². The predicted octanol–water partition coefficient (Wildman–Crippen LogP) is 6.53. The van der Waals surface area contributed by atoms with E-state index in [4.69, 9.17) is 0 Å². The molecular formula is C17H35P. The zero-order chi connectivity index (χ0) is 12.9. The molecule has 0 bridgehead atoms. The van der Waals surface area contributed by atoms with Gasteiger partial charge in [-0.05, 0) is 31.1 Å². The monoisotopic (exact) mass is 270 g/mol. The van der Waals surface area contributed by atoms with Crippen molar-refractivity contribution in [2.45, 2.75) is 102 Å². The van der Waals surface area contributed by atoms with E-state index in [1.165, 1.54) is 91.8 Å². The van der Waals surface area contributed by atoms with Gasteiger partial charge in [-0.1, -0.05) is 77.6 Å². The number of unbranched alkanes of at least 4 members (excludes halogenated alkanes) is 2. The minimum Gasteiger partial charge on any atom is -0.119 e. The zero-order valence-electron chi connectivity index (χ0n) is 12.7. The van der Waals surface area contributed by atoms with Crippen molar-refractivity contribution in [3.05, 3.63) is 0 Å². The lowest BCUT2D eigenvalue weighted by atomic mass is 10.0. The van der Waals surface area contributed by atoms with Gasteiger partial charge in [-0.25, -0.2) is 0 Å². The van der Waals surface area contributed by atoms with Gasteiger partial charge in [0.2, 0.25) is 0 Å². The first-order valence-corrected chi connectivity index (χ1v) is 9.95. The smallest absolute Gasteiger partial charge is 0.0237 e. The zero-order valence-corrected chi connectivity index (χ0v) is 13.7. The molecule has 0 amide bonds. The average Bonchev–Trinajstić information content (AvgIpc) is 2.37. The highest BCUT2D eigenvalue weighted by Crippen LogP contribution is 2.30. The molecule has 0 aliphatic heterocycles. The Labute approximate surface area is 117 Å². The van der Waals surface area contributed by atoms with Crippen LogP contribution < -0.4 is 0 Å². The summed E-state index contributed by atoms with van der Waals surface area (Å²) < 4.78 is 0. The van der Waals surface area contributed by atoms with E-state index in [1.54, 1.807) is 12.8 Å². The molecular weight excluding hydrogens is 235 g/mol. The van der Waals surface area contributed by atoms with Crippen LogP contribution in [0.1, 0.15) is 96.8 Å². The van der Waals surface area contributed by atoms with Gasteiger partial charge in [0.15, 0.2) is 0 Å². The molecule has 1 atom stereocenters. The molecule has 0 aromatic carbocycles. The maximum Gasteiger partial charge on any atom is -0.0237 e. The Balaban J connectivity index is 2.14. The Hall–Kier alpha value is 0.430. The van der Waals surface area contributed by atoms with E-state index < -0.39 is 0 Å². The van der Waals surface area contributed by atoms with Crippen molar-refractivity contribution in [3.8, 4) is 0 Å². The first-order valence-electron chi connectivity index (χ1n) is 8.67. The molecule has 1 heteroatoms. The van der Waals surface area contributed by atoms with Crippen LogP contribution in [0.5, 0.6) is 0 Å². The maximum atomic E-state index is 2.32. The first kappa shape index (κ1) is 16.5. The van der Waals surface area contributed by atoms with E-state index in [0.29, 0.717) is 0 Å². The second-order valence-corrected chi connectivity index (χ2v) is 7.84. The third kappa shape index (κ3) is 9.37. The lowest BCUT2D eigenvalue weighted by Crippen LogP contribution is -2.03. The van der Waals surface area contributed by atoms with Crippen LogP contribution in [0.15, 0.2) is 0 Å². The Morgan fingerprint density at radius 2 is 1.22 bits per heavy atom. The van der Waals surface area contributed by atoms with Gasteiger partial charge in [-0.3, -0.25) is 0 Å². The molecule has 0 N–H and O–H groups in total. The van der Waals surface area contributed by atoms with Crippen LogP contribution in [0.25, 0.3) is 0 Å². The summed E-state index contributed by atoms with van der Waals surface area (Å²) in [6, 6.07) is 0. The van der Waals surface area contributed by atoms with E-state index in [0.717, 1.165) is 5.66 Å². The number of hydrogen-bond acceptors (Lipinski definition) is 0. The first-order chi connectivity index (χ1) is 8.93. The fourth-order valence-corrected chi connectivity index (χ4v) is 4.73. The van der Waals surface area contributed by atoms with Crippen LogP contribution in [-0.4, -0.2) is 11.8 Å². The Morgan fingerprint density at radius 1 is 0.722 bits per heavy atom. The number of hydrogen-bond donors (Lipinski definition) is 0. The normalized spacial score (nSPS) is 21.8. The van der Waals surface area contributed by atoms with Crippen molar-refractivity contribution in [3.63, 3.8) is 0 Å². The van der Waals surface area contributed by atoms with Crippen LogP contribution in [0.4, 0.5) is 0 Å². The fourth-order valence-electron chi connectivity index (χ4n) is 3.05. The Morgan fingerprint density at radius 3 is 1.72 bits per heavy atom. The molecule has 0 aromatic rings. The molecule has 0 saturated heterocycles. The Kier molecular flexibility index (Phi) is 11.4. The summed E-state index contributed by atoms with van der Waals surface area (Å²) in [5, 5.41) is 0. The van der Waals surface area contributed by atoms with E-state index >= 15 is 0 Å². The van der Waals surface area contributed by atoms with Crippen LogP contribution in [0.2, 0.25) is 0 Å². The predicted molar refractivity (Wildman–Crippen MR) is 87.3 cm³/mol. The van der Waals surface area contributed by atoms with E-state index in [9.17, 15) is 0 Å². The summed E-state index contributed by atoms with van der Waals surface area (Å²) in [6.07, 6.45) is 22.5. The summed E-state index contributed by atoms with van der Waals surface area (Å²) >= 11 is 0. The summed E-state index contributed by atoms with van der Waals surface area (Å²) in [5.41, 5.74) is 1.10. The van der Waals surface area contributed by atoms with Crippen molar-refractivity contribution in [1.82, 2.24) is 0 Å². The van der Waals surface area contributed by atoms with Gasteiger partial charge in [-0.2, -0.15) is 0 Å². The second kappa shape index (κ2) is 12.5.